The van der Waals surface area contributed by atoms with Crippen molar-refractivity contribution >= 4 is 5.69 Å². The van der Waals surface area contributed by atoms with Crippen molar-refractivity contribution in [2.45, 2.75) is 12.0 Å². The number of nitrogens with two attached hydrogens (primary N) is 1. The van der Waals surface area contributed by atoms with Crippen molar-refractivity contribution in [3.05, 3.63) is 54.6 Å². The van der Waals surface area contributed by atoms with E-state index in [1.165, 1.54) is 11.1 Å². The highest BCUT2D eigenvalue weighted by atomic mass is 16.5. The van der Waals surface area contributed by atoms with E-state index < -0.39 is 0 Å². The maximum atomic E-state index is 6.24. The molecule has 20 heavy (non-hydrogen) atoms. The molecule has 0 radical (unpaired) electrons. The van der Waals surface area contributed by atoms with Gasteiger partial charge in [0.2, 0.25) is 0 Å². The van der Waals surface area contributed by atoms with Gasteiger partial charge in [0, 0.05) is 18.8 Å². The minimum atomic E-state index is -0.224. The van der Waals surface area contributed by atoms with Gasteiger partial charge in [-0.15, -0.1) is 0 Å². The molecule has 0 aliphatic carbocycles. The number of hydrogen-bond donors (Lipinski definition) is 2. The van der Waals surface area contributed by atoms with Gasteiger partial charge < -0.3 is 15.8 Å². The average molecular weight is 268 g/mol. The Bertz CT molecular complexity index is 545. The second kappa shape index (κ2) is 5.65. The van der Waals surface area contributed by atoms with Crippen LogP contribution < -0.4 is 11.1 Å². The van der Waals surface area contributed by atoms with Crippen LogP contribution in [0.4, 0.5) is 5.69 Å². The Labute approximate surface area is 119 Å². The molecule has 1 atom stereocenters. The van der Waals surface area contributed by atoms with Crippen molar-refractivity contribution in [1.82, 2.24) is 0 Å². The van der Waals surface area contributed by atoms with E-state index in [1.807, 2.05) is 6.07 Å². The maximum Gasteiger partial charge on any atom is 0.0664 e. The summed E-state index contributed by atoms with van der Waals surface area (Å²) in [6.45, 7) is 2.16. The average Bonchev–Trinajstić information content (AvgIpc) is 2.94. The topological polar surface area (TPSA) is 47.3 Å². The summed E-state index contributed by atoms with van der Waals surface area (Å²) in [6.07, 6.45) is 0.919. The van der Waals surface area contributed by atoms with Crippen molar-refractivity contribution in [3.8, 4) is 11.1 Å². The van der Waals surface area contributed by atoms with E-state index in [-0.39, 0.29) is 5.54 Å². The number of ether oxygens (including phenoxy) is 1. The molecule has 3 nitrogen and oxygen atoms in total. The molecular weight excluding hydrogens is 248 g/mol. The summed E-state index contributed by atoms with van der Waals surface area (Å²) in [4.78, 5) is 0. The van der Waals surface area contributed by atoms with Crippen LogP contribution in [0.1, 0.15) is 6.42 Å². The molecule has 3 heteroatoms. The molecule has 1 aliphatic rings. The van der Waals surface area contributed by atoms with E-state index in [1.54, 1.807) is 0 Å². The minimum Gasteiger partial charge on any atom is -0.383 e. The first-order valence-electron chi connectivity index (χ1n) is 7.01. The van der Waals surface area contributed by atoms with Crippen LogP contribution in [-0.4, -0.2) is 25.3 Å². The largest absolute Gasteiger partial charge is 0.383 e. The third-order valence-corrected chi connectivity index (χ3v) is 3.77. The summed E-state index contributed by atoms with van der Waals surface area (Å²) in [5, 5.41) is 3.40. The van der Waals surface area contributed by atoms with Gasteiger partial charge in [-0.05, 0) is 29.7 Å². The molecule has 1 unspecified atom stereocenters. The van der Waals surface area contributed by atoms with Gasteiger partial charge >= 0.3 is 0 Å². The molecule has 104 valence electrons. The third-order valence-electron chi connectivity index (χ3n) is 3.77. The van der Waals surface area contributed by atoms with Crippen molar-refractivity contribution in [2.24, 2.45) is 5.73 Å². The lowest BCUT2D eigenvalue weighted by molar-refractivity contribution is 0.180. The Morgan fingerprint density at radius 2 is 1.70 bits per heavy atom. The lowest BCUT2D eigenvalue weighted by Crippen LogP contribution is -2.46. The fourth-order valence-electron chi connectivity index (χ4n) is 2.45. The summed E-state index contributed by atoms with van der Waals surface area (Å²) >= 11 is 0. The predicted octanol–water partition coefficient (Wildman–Crippen LogP) is 2.88. The third kappa shape index (κ3) is 3.00. The predicted molar refractivity (Wildman–Crippen MR) is 82.7 cm³/mol. The summed E-state index contributed by atoms with van der Waals surface area (Å²) in [6, 6.07) is 18.8. The molecular formula is C17H20N2O. The molecule has 1 aliphatic heterocycles. The molecule has 3 N–H and O–H groups in total. The maximum absolute atomic E-state index is 6.24. The zero-order chi connectivity index (χ0) is 13.8. The van der Waals surface area contributed by atoms with Crippen molar-refractivity contribution in [3.63, 3.8) is 0 Å². The molecule has 0 aromatic heterocycles. The quantitative estimate of drug-likeness (QED) is 0.896. The standard InChI is InChI=1S/C17H20N2O/c18-17(10-11-20-13-17)12-19-16-8-6-15(7-9-16)14-4-2-1-3-5-14/h1-9,19H,10-13,18H2. The number of rotatable bonds is 4. The Kier molecular flexibility index (Phi) is 3.72. The lowest BCUT2D eigenvalue weighted by atomic mass is 10.0. The first-order valence-corrected chi connectivity index (χ1v) is 7.01. The molecule has 0 bridgehead atoms. The Morgan fingerprint density at radius 1 is 1.00 bits per heavy atom. The second-order valence-electron chi connectivity index (χ2n) is 5.46. The first kappa shape index (κ1) is 13.2. The van der Waals surface area contributed by atoms with Crippen molar-refractivity contribution < 1.29 is 4.74 Å². The van der Waals surface area contributed by atoms with Crippen LogP contribution in [0.3, 0.4) is 0 Å². The van der Waals surface area contributed by atoms with Crippen molar-refractivity contribution in [1.29, 1.82) is 0 Å². The van der Waals surface area contributed by atoms with Crippen LogP contribution in [0.5, 0.6) is 0 Å². The summed E-state index contributed by atoms with van der Waals surface area (Å²) < 4.78 is 5.36. The fourth-order valence-corrected chi connectivity index (χ4v) is 2.45. The van der Waals surface area contributed by atoms with Gasteiger partial charge in [-0.25, -0.2) is 0 Å². The second-order valence-corrected chi connectivity index (χ2v) is 5.46. The molecule has 0 amide bonds. The first-order chi connectivity index (χ1) is 9.75. The molecule has 3 rings (SSSR count). The number of nitrogens with one attached hydrogen (secondary N) is 1. The highest BCUT2D eigenvalue weighted by Gasteiger charge is 2.29. The van der Waals surface area contributed by atoms with Crippen LogP contribution in [0, 0.1) is 0 Å². The molecule has 1 heterocycles. The summed E-state index contributed by atoms with van der Waals surface area (Å²) in [5.41, 5.74) is 9.57. The van der Waals surface area contributed by atoms with Crippen LogP contribution >= 0.6 is 0 Å². The van der Waals surface area contributed by atoms with Gasteiger partial charge in [-0.2, -0.15) is 0 Å². The smallest absolute Gasteiger partial charge is 0.0664 e. The molecule has 0 spiro atoms. The molecule has 0 saturated carbocycles. The van der Waals surface area contributed by atoms with E-state index in [4.69, 9.17) is 10.5 Å². The van der Waals surface area contributed by atoms with Gasteiger partial charge in [0.15, 0.2) is 0 Å². The van der Waals surface area contributed by atoms with Gasteiger partial charge in [-0.3, -0.25) is 0 Å². The van der Waals surface area contributed by atoms with Crippen LogP contribution in [-0.2, 0) is 4.74 Å². The zero-order valence-electron chi connectivity index (χ0n) is 11.5. The normalized spacial score (nSPS) is 21.9. The lowest BCUT2D eigenvalue weighted by Gasteiger charge is -2.22. The number of benzene rings is 2. The molecule has 2 aromatic carbocycles. The zero-order valence-corrected chi connectivity index (χ0v) is 11.5. The summed E-state index contributed by atoms with van der Waals surface area (Å²) in [5.74, 6) is 0. The van der Waals surface area contributed by atoms with E-state index in [9.17, 15) is 0 Å². The van der Waals surface area contributed by atoms with Gasteiger partial charge in [-0.1, -0.05) is 42.5 Å². The Balaban J connectivity index is 1.64. The van der Waals surface area contributed by atoms with Crippen LogP contribution in [0.2, 0.25) is 0 Å². The Morgan fingerprint density at radius 3 is 2.35 bits per heavy atom. The van der Waals surface area contributed by atoms with Crippen molar-refractivity contribution in [2.75, 3.05) is 25.1 Å². The highest BCUT2D eigenvalue weighted by molar-refractivity contribution is 5.65. The fraction of sp³-hybridized carbons (Fsp3) is 0.294. The van der Waals surface area contributed by atoms with E-state index >= 15 is 0 Å². The van der Waals surface area contributed by atoms with Gasteiger partial charge in [0.05, 0.1) is 12.1 Å². The van der Waals surface area contributed by atoms with E-state index in [0.717, 1.165) is 25.3 Å². The van der Waals surface area contributed by atoms with Crippen LogP contribution in [0.15, 0.2) is 54.6 Å². The molecule has 2 aromatic rings. The van der Waals surface area contributed by atoms with Crippen LogP contribution in [0.25, 0.3) is 11.1 Å². The minimum absolute atomic E-state index is 0.224. The molecule has 1 saturated heterocycles. The summed E-state index contributed by atoms with van der Waals surface area (Å²) in [7, 11) is 0. The van der Waals surface area contributed by atoms with E-state index in [0.29, 0.717) is 6.61 Å². The number of anilines is 1. The molecule has 1 fully saturated rings. The highest BCUT2D eigenvalue weighted by Crippen LogP contribution is 2.22. The number of hydrogen-bond acceptors (Lipinski definition) is 3. The SMILES string of the molecule is NC1(CNc2ccc(-c3ccccc3)cc2)CCOC1. The van der Waals surface area contributed by atoms with Gasteiger partial charge in [0.25, 0.3) is 0 Å². The van der Waals surface area contributed by atoms with E-state index in [2.05, 4.69) is 53.8 Å². The Hall–Kier alpha value is -1.84. The monoisotopic (exact) mass is 268 g/mol. The van der Waals surface area contributed by atoms with Gasteiger partial charge in [0.1, 0.15) is 0 Å².